The zero-order valence-electron chi connectivity index (χ0n) is 14.6. The summed E-state index contributed by atoms with van der Waals surface area (Å²) in [7, 11) is 1.74. The van der Waals surface area contributed by atoms with Crippen molar-refractivity contribution in [3.8, 4) is 5.75 Å². The SMILES string of the molecule is CCOc1ccc(C(=O)N2C[C@@H](COC)C3(CCOCC3)C2)cc1. The number of amides is 1. The highest BCUT2D eigenvalue weighted by atomic mass is 16.5. The van der Waals surface area contributed by atoms with Gasteiger partial charge in [0.15, 0.2) is 0 Å². The van der Waals surface area contributed by atoms with Crippen molar-refractivity contribution in [1.82, 2.24) is 4.90 Å². The minimum Gasteiger partial charge on any atom is -0.494 e. The average molecular weight is 333 g/mol. The number of rotatable bonds is 5. The summed E-state index contributed by atoms with van der Waals surface area (Å²) in [5.41, 5.74) is 0.869. The van der Waals surface area contributed by atoms with Crippen LogP contribution in [0.3, 0.4) is 0 Å². The molecule has 0 saturated carbocycles. The molecule has 1 amide bonds. The third-order valence-electron chi connectivity index (χ3n) is 5.37. The Labute approximate surface area is 143 Å². The molecule has 24 heavy (non-hydrogen) atoms. The standard InChI is InChI=1S/C19H27NO4/c1-3-24-17-6-4-15(5-7-17)18(21)20-12-16(13-22-2)19(14-20)8-10-23-11-9-19/h4-7,16H,3,8-14H2,1-2H3/t16-/m0/s1. The van der Waals surface area contributed by atoms with Gasteiger partial charge in [0, 0.05) is 44.9 Å². The van der Waals surface area contributed by atoms with E-state index in [4.69, 9.17) is 14.2 Å². The van der Waals surface area contributed by atoms with Gasteiger partial charge in [0.05, 0.1) is 13.2 Å². The molecule has 0 N–H and O–H groups in total. The van der Waals surface area contributed by atoms with E-state index in [0.717, 1.165) is 50.5 Å². The monoisotopic (exact) mass is 333 g/mol. The van der Waals surface area contributed by atoms with Gasteiger partial charge in [-0.25, -0.2) is 0 Å². The van der Waals surface area contributed by atoms with Gasteiger partial charge in [-0.3, -0.25) is 4.79 Å². The molecule has 2 aliphatic rings. The van der Waals surface area contributed by atoms with Crippen molar-refractivity contribution in [2.24, 2.45) is 11.3 Å². The highest BCUT2D eigenvalue weighted by Gasteiger charge is 2.48. The van der Waals surface area contributed by atoms with Gasteiger partial charge in [0.2, 0.25) is 0 Å². The zero-order valence-corrected chi connectivity index (χ0v) is 14.6. The maximum Gasteiger partial charge on any atom is 0.253 e. The van der Waals surface area contributed by atoms with Crippen molar-refractivity contribution >= 4 is 5.91 Å². The van der Waals surface area contributed by atoms with Crippen LogP contribution in [0.2, 0.25) is 0 Å². The molecule has 2 aliphatic heterocycles. The topological polar surface area (TPSA) is 48.0 Å². The van der Waals surface area contributed by atoms with E-state index in [1.165, 1.54) is 0 Å². The van der Waals surface area contributed by atoms with Gasteiger partial charge in [-0.1, -0.05) is 0 Å². The summed E-state index contributed by atoms with van der Waals surface area (Å²) < 4.78 is 16.4. The molecule has 1 aromatic rings. The first-order valence-corrected chi connectivity index (χ1v) is 8.77. The van der Waals surface area contributed by atoms with Crippen LogP contribution in [0.25, 0.3) is 0 Å². The molecule has 1 spiro atoms. The number of benzene rings is 1. The summed E-state index contributed by atoms with van der Waals surface area (Å²) in [5, 5.41) is 0. The normalized spacial score (nSPS) is 22.8. The van der Waals surface area contributed by atoms with Crippen LogP contribution in [0.5, 0.6) is 5.75 Å². The number of nitrogens with zero attached hydrogens (tertiary/aromatic N) is 1. The lowest BCUT2D eigenvalue weighted by Crippen LogP contribution is -2.39. The lowest BCUT2D eigenvalue weighted by Gasteiger charge is -2.37. The molecule has 0 aromatic heterocycles. The second-order valence-electron chi connectivity index (χ2n) is 6.77. The molecule has 132 valence electrons. The van der Waals surface area contributed by atoms with Crippen molar-refractivity contribution in [2.45, 2.75) is 19.8 Å². The summed E-state index contributed by atoms with van der Waals surface area (Å²) in [6.45, 7) is 6.41. The van der Waals surface area contributed by atoms with E-state index in [1.807, 2.05) is 36.1 Å². The predicted molar refractivity (Wildman–Crippen MR) is 91.4 cm³/mol. The van der Waals surface area contributed by atoms with Gasteiger partial charge in [0.25, 0.3) is 5.91 Å². The van der Waals surface area contributed by atoms with E-state index in [2.05, 4.69) is 0 Å². The van der Waals surface area contributed by atoms with Gasteiger partial charge in [-0.05, 0) is 49.4 Å². The quantitative estimate of drug-likeness (QED) is 0.831. The molecule has 5 nitrogen and oxygen atoms in total. The van der Waals surface area contributed by atoms with Crippen LogP contribution in [-0.4, -0.2) is 57.4 Å². The third kappa shape index (κ3) is 3.42. The number of carbonyl (C=O) groups excluding carboxylic acids is 1. The summed E-state index contributed by atoms with van der Waals surface area (Å²) >= 11 is 0. The molecule has 2 fully saturated rings. The van der Waals surface area contributed by atoms with E-state index in [-0.39, 0.29) is 11.3 Å². The summed E-state index contributed by atoms with van der Waals surface area (Å²) in [4.78, 5) is 14.9. The van der Waals surface area contributed by atoms with Crippen LogP contribution in [0, 0.1) is 11.3 Å². The molecule has 1 atom stereocenters. The maximum atomic E-state index is 12.9. The van der Waals surface area contributed by atoms with Crippen LogP contribution in [0.1, 0.15) is 30.1 Å². The highest BCUT2D eigenvalue weighted by Crippen LogP contribution is 2.44. The Morgan fingerprint density at radius 3 is 2.62 bits per heavy atom. The number of ether oxygens (including phenoxy) is 3. The molecule has 3 rings (SSSR count). The molecule has 2 heterocycles. The largest absolute Gasteiger partial charge is 0.494 e. The molecule has 0 radical (unpaired) electrons. The summed E-state index contributed by atoms with van der Waals surface area (Å²) in [6, 6.07) is 7.44. The van der Waals surface area contributed by atoms with Crippen molar-refractivity contribution in [3.05, 3.63) is 29.8 Å². The highest BCUT2D eigenvalue weighted by molar-refractivity contribution is 5.94. The van der Waals surface area contributed by atoms with Crippen LogP contribution in [-0.2, 0) is 9.47 Å². The maximum absolute atomic E-state index is 12.9. The smallest absolute Gasteiger partial charge is 0.253 e. The lowest BCUT2D eigenvalue weighted by molar-refractivity contribution is -0.0169. The molecule has 0 unspecified atom stereocenters. The first kappa shape index (κ1) is 17.2. The van der Waals surface area contributed by atoms with E-state index in [9.17, 15) is 4.79 Å². The van der Waals surface area contributed by atoms with Gasteiger partial charge in [-0.2, -0.15) is 0 Å². The Hall–Kier alpha value is -1.59. The van der Waals surface area contributed by atoms with Crippen LogP contribution in [0.15, 0.2) is 24.3 Å². The van der Waals surface area contributed by atoms with Gasteiger partial charge < -0.3 is 19.1 Å². The average Bonchev–Trinajstić information content (AvgIpc) is 2.94. The second kappa shape index (κ2) is 7.53. The Morgan fingerprint density at radius 2 is 2.00 bits per heavy atom. The first-order chi connectivity index (χ1) is 11.7. The fourth-order valence-corrected chi connectivity index (χ4v) is 4.01. The zero-order chi connectivity index (χ0) is 17.0. The predicted octanol–water partition coefficient (Wildman–Crippen LogP) is 2.60. The van der Waals surface area contributed by atoms with Crippen LogP contribution < -0.4 is 4.74 Å². The fourth-order valence-electron chi connectivity index (χ4n) is 4.01. The number of likely N-dealkylation sites (tertiary alicyclic amines) is 1. The Balaban J connectivity index is 1.73. The van der Waals surface area contributed by atoms with Crippen LogP contribution >= 0.6 is 0 Å². The van der Waals surface area contributed by atoms with E-state index >= 15 is 0 Å². The van der Waals surface area contributed by atoms with E-state index in [1.54, 1.807) is 7.11 Å². The minimum absolute atomic E-state index is 0.0996. The minimum atomic E-state index is 0.0996. The van der Waals surface area contributed by atoms with Crippen molar-refractivity contribution in [3.63, 3.8) is 0 Å². The molecule has 5 heteroatoms. The fraction of sp³-hybridized carbons (Fsp3) is 0.632. The number of hydrogen-bond donors (Lipinski definition) is 0. The summed E-state index contributed by atoms with van der Waals surface area (Å²) in [5.74, 6) is 1.29. The van der Waals surface area contributed by atoms with Gasteiger partial charge >= 0.3 is 0 Å². The Morgan fingerprint density at radius 1 is 1.29 bits per heavy atom. The van der Waals surface area contributed by atoms with Crippen molar-refractivity contribution in [1.29, 1.82) is 0 Å². The van der Waals surface area contributed by atoms with E-state index < -0.39 is 0 Å². The molecular weight excluding hydrogens is 306 g/mol. The first-order valence-electron chi connectivity index (χ1n) is 8.77. The molecule has 0 aliphatic carbocycles. The second-order valence-corrected chi connectivity index (χ2v) is 6.77. The molecule has 1 aromatic carbocycles. The third-order valence-corrected chi connectivity index (χ3v) is 5.37. The van der Waals surface area contributed by atoms with Crippen molar-refractivity contribution < 1.29 is 19.0 Å². The van der Waals surface area contributed by atoms with Gasteiger partial charge in [0.1, 0.15) is 5.75 Å². The Bertz CT molecular complexity index is 551. The van der Waals surface area contributed by atoms with E-state index in [0.29, 0.717) is 19.1 Å². The lowest BCUT2D eigenvalue weighted by atomic mass is 9.72. The Kier molecular flexibility index (Phi) is 5.41. The molecule has 0 bridgehead atoms. The summed E-state index contributed by atoms with van der Waals surface area (Å²) in [6.07, 6.45) is 2.02. The number of hydrogen-bond acceptors (Lipinski definition) is 4. The molecular formula is C19H27NO4. The number of methoxy groups -OCH3 is 1. The van der Waals surface area contributed by atoms with Crippen LogP contribution in [0.4, 0.5) is 0 Å². The van der Waals surface area contributed by atoms with Gasteiger partial charge in [-0.15, -0.1) is 0 Å². The van der Waals surface area contributed by atoms with Crippen molar-refractivity contribution in [2.75, 3.05) is 46.6 Å². The molecule has 2 saturated heterocycles. The number of carbonyl (C=O) groups is 1.